The molecule has 1 atom stereocenters. The van der Waals surface area contributed by atoms with Crippen LogP contribution in [-0.4, -0.2) is 7.11 Å². The first-order valence-electron chi connectivity index (χ1n) is 8.74. The Morgan fingerprint density at radius 2 is 2.00 bits per heavy atom. The highest BCUT2D eigenvalue weighted by Gasteiger charge is 2.13. The van der Waals surface area contributed by atoms with Crippen molar-refractivity contribution in [3.63, 3.8) is 0 Å². The van der Waals surface area contributed by atoms with Crippen molar-refractivity contribution >= 4 is 26.9 Å². The lowest BCUT2D eigenvalue weighted by molar-refractivity contribution is -0.707. The van der Waals surface area contributed by atoms with Gasteiger partial charge in [-0.2, -0.15) is 0 Å². The summed E-state index contributed by atoms with van der Waals surface area (Å²) < 4.78 is 11.6. The summed E-state index contributed by atoms with van der Waals surface area (Å²) in [5.41, 5.74) is 3.73. The zero-order chi connectivity index (χ0) is 18.7. The molecule has 0 bridgehead atoms. The van der Waals surface area contributed by atoms with Crippen LogP contribution in [0.5, 0.6) is 5.75 Å². The highest BCUT2D eigenvalue weighted by atomic mass is 79.9. The number of benzene rings is 2. The number of fused-ring (bicyclic) bond motifs is 1. The van der Waals surface area contributed by atoms with E-state index in [1.54, 1.807) is 13.2 Å². The van der Waals surface area contributed by atoms with Crippen LogP contribution in [0.2, 0.25) is 0 Å². The van der Waals surface area contributed by atoms with Gasteiger partial charge in [0.25, 0.3) is 0 Å². The molecule has 0 unspecified atom stereocenters. The SMILES string of the molecule is CCc1ccc2c(C[NH2+][C@@H](C)c3ccc(OC)c(Br)c3)cc(=O)oc2c1. The lowest BCUT2D eigenvalue weighted by Crippen LogP contribution is -2.83. The van der Waals surface area contributed by atoms with Gasteiger partial charge in [0.05, 0.1) is 11.6 Å². The first-order chi connectivity index (χ1) is 12.5. The minimum atomic E-state index is -0.297. The summed E-state index contributed by atoms with van der Waals surface area (Å²) >= 11 is 3.53. The fourth-order valence-corrected chi connectivity index (χ4v) is 3.63. The van der Waals surface area contributed by atoms with Crippen molar-refractivity contribution < 1.29 is 14.5 Å². The van der Waals surface area contributed by atoms with E-state index < -0.39 is 0 Å². The van der Waals surface area contributed by atoms with Gasteiger partial charge >= 0.3 is 5.63 Å². The van der Waals surface area contributed by atoms with Crippen LogP contribution in [0.4, 0.5) is 0 Å². The molecule has 0 saturated heterocycles. The van der Waals surface area contributed by atoms with E-state index in [1.165, 1.54) is 11.1 Å². The Balaban J connectivity index is 1.83. The second kappa shape index (κ2) is 8.06. The van der Waals surface area contributed by atoms with Crippen molar-refractivity contribution in [3.8, 4) is 5.75 Å². The quantitative estimate of drug-likeness (QED) is 0.618. The third-order valence-electron chi connectivity index (χ3n) is 4.70. The molecule has 0 aliphatic rings. The third-order valence-corrected chi connectivity index (χ3v) is 5.32. The molecule has 0 radical (unpaired) electrons. The average Bonchev–Trinajstić information content (AvgIpc) is 2.64. The molecule has 1 heterocycles. The summed E-state index contributed by atoms with van der Waals surface area (Å²) in [4.78, 5) is 11.9. The molecular weight excluding hydrogens is 394 g/mol. The lowest BCUT2D eigenvalue weighted by Gasteiger charge is -2.13. The Morgan fingerprint density at radius 3 is 2.69 bits per heavy atom. The zero-order valence-electron chi connectivity index (χ0n) is 15.2. The summed E-state index contributed by atoms with van der Waals surface area (Å²) in [6, 6.07) is 14.0. The van der Waals surface area contributed by atoms with Gasteiger partial charge in [0, 0.05) is 22.6 Å². The minimum absolute atomic E-state index is 0.245. The number of rotatable bonds is 6. The van der Waals surface area contributed by atoms with Crippen molar-refractivity contribution in [1.29, 1.82) is 0 Å². The first kappa shape index (κ1) is 18.7. The second-order valence-electron chi connectivity index (χ2n) is 6.40. The Bertz CT molecular complexity index is 981. The van der Waals surface area contributed by atoms with E-state index in [-0.39, 0.29) is 11.7 Å². The summed E-state index contributed by atoms with van der Waals surface area (Å²) in [5, 5.41) is 3.22. The molecule has 0 aliphatic heterocycles. The molecule has 1 aromatic heterocycles. The number of quaternary nitrogens is 1. The lowest BCUT2D eigenvalue weighted by atomic mass is 10.0. The predicted octanol–water partition coefficient (Wildman–Crippen LogP) is 3.95. The van der Waals surface area contributed by atoms with Crippen LogP contribution >= 0.6 is 15.9 Å². The molecule has 3 aromatic rings. The maximum absolute atomic E-state index is 11.9. The number of nitrogens with two attached hydrogens (primary N) is 1. The van der Waals surface area contributed by atoms with Crippen LogP contribution in [0.15, 0.2) is 56.1 Å². The number of methoxy groups -OCH3 is 1. The van der Waals surface area contributed by atoms with E-state index in [0.29, 0.717) is 12.1 Å². The molecule has 4 nitrogen and oxygen atoms in total. The molecule has 26 heavy (non-hydrogen) atoms. The normalized spacial score (nSPS) is 12.3. The Hall–Kier alpha value is -2.11. The number of hydrogen-bond acceptors (Lipinski definition) is 3. The fourth-order valence-electron chi connectivity index (χ4n) is 3.07. The number of ether oxygens (including phenoxy) is 1. The van der Waals surface area contributed by atoms with Crippen molar-refractivity contribution in [2.75, 3.05) is 7.11 Å². The maximum atomic E-state index is 11.9. The Morgan fingerprint density at radius 1 is 1.19 bits per heavy atom. The highest BCUT2D eigenvalue weighted by molar-refractivity contribution is 9.10. The van der Waals surface area contributed by atoms with Crippen LogP contribution in [0.1, 0.15) is 36.6 Å². The molecule has 2 N–H and O–H groups in total. The van der Waals surface area contributed by atoms with Gasteiger partial charge in [0.1, 0.15) is 23.9 Å². The van der Waals surface area contributed by atoms with E-state index >= 15 is 0 Å². The molecule has 2 aromatic carbocycles. The summed E-state index contributed by atoms with van der Waals surface area (Å²) in [5.74, 6) is 0.819. The van der Waals surface area contributed by atoms with Crippen LogP contribution in [0.3, 0.4) is 0 Å². The highest BCUT2D eigenvalue weighted by Crippen LogP contribution is 2.27. The number of halogens is 1. The third kappa shape index (κ3) is 4.00. The average molecular weight is 417 g/mol. The number of hydrogen-bond donors (Lipinski definition) is 1. The molecule has 5 heteroatoms. The van der Waals surface area contributed by atoms with Crippen molar-refractivity contribution in [3.05, 3.63) is 74.0 Å². The van der Waals surface area contributed by atoms with Gasteiger partial charge in [-0.1, -0.05) is 19.1 Å². The topological polar surface area (TPSA) is 56.0 Å². The molecule has 0 spiro atoms. The van der Waals surface area contributed by atoms with Gasteiger partial charge < -0.3 is 14.5 Å². The van der Waals surface area contributed by atoms with Gasteiger partial charge in [-0.3, -0.25) is 0 Å². The Labute approximate surface area is 161 Å². The van der Waals surface area contributed by atoms with Crippen molar-refractivity contribution in [1.82, 2.24) is 0 Å². The van der Waals surface area contributed by atoms with E-state index in [1.807, 2.05) is 12.1 Å². The standard InChI is InChI=1S/C21H22BrNO3/c1-4-14-5-7-17-16(11-21(24)26-20(17)9-14)12-23-13(2)15-6-8-19(25-3)18(22)10-15/h5-11,13,23H,4,12H2,1-3H3/p+1/t13-/m0/s1. The van der Waals surface area contributed by atoms with Gasteiger partial charge in [0.15, 0.2) is 0 Å². The largest absolute Gasteiger partial charge is 0.496 e. The second-order valence-corrected chi connectivity index (χ2v) is 7.25. The van der Waals surface area contributed by atoms with Crippen LogP contribution in [0.25, 0.3) is 11.0 Å². The minimum Gasteiger partial charge on any atom is -0.496 e. The zero-order valence-corrected chi connectivity index (χ0v) is 16.8. The molecule has 3 rings (SSSR count). The Kier molecular flexibility index (Phi) is 5.79. The summed E-state index contributed by atoms with van der Waals surface area (Å²) in [6.07, 6.45) is 0.916. The number of aryl methyl sites for hydroxylation is 1. The molecular formula is C21H23BrNO3+. The first-order valence-corrected chi connectivity index (χ1v) is 9.53. The van der Waals surface area contributed by atoms with E-state index in [2.05, 4.69) is 59.4 Å². The molecule has 0 aliphatic carbocycles. The molecule has 0 amide bonds. The predicted molar refractivity (Wildman–Crippen MR) is 107 cm³/mol. The smallest absolute Gasteiger partial charge is 0.336 e. The molecule has 0 fully saturated rings. The van der Waals surface area contributed by atoms with Gasteiger partial charge in [-0.15, -0.1) is 0 Å². The van der Waals surface area contributed by atoms with Crippen molar-refractivity contribution in [2.24, 2.45) is 0 Å². The van der Waals surface area contributed by atoms with Crippen LogP contribution < -0.4 is 15.7 Å². The molecule has 136 valence electrons. The van der Waals surface area contributed by atoms with Gasteiger partial charge in [-0.05, 0) is 59.1 Å². The van der Waals surface area contributed by atoms with Crippen molar-refractivity contribution in [2.45, 2.75) is 32.9 Å². The summed E-state index contributed by atoms with van der Waals surface area (Å²) in [7, 11) is 1.66. The summed E-state index contributed by atoms with van der Waals surface area (Å²) in [6.45, 7) is 4.95. The fraction of sp³-hybridized carbons (Fsp3) is 0.286. The van der Waals surface area contributed by atoms with Crippen LogP contribution in [-0.2, 0) is 13.0 Å². The van der Waals surface area contributed by atoms with E-state index in [0.717, 1.165) is 27.6 Å². The molecule has 0 saturated carbocycles. The maximum Gasteiger partial charge on any atom is 0.336 e. The van der Waals surface area contributed by atoms with Gasteiger partial charge in [0.2, 0.25) is 0 Å². The monoisotopic (exact) mass is 416 g/mol. The van der Waals surface area contributed by atoms with Gasteiger partial charge in [-0.25, -0.2) is 4.79 Å². The van der Waals surface area contributed by atoms with E-state index in [4.69, 9.17) is 9.15 Å². The van der Waals surface area contributed by atoms with E-state index in [9.17, 15) is 4.79 Å². The van der Waals surface area contributed by atoms with Crippen LogP contribution in [0, 0.1) is 0 Å².